The fourth-order valence-electron chi connectivity index (χ4n) is 9.13. The zero-order valence-electron chi connectivity index (χ0n) is 30.1. The van der Waals surface area contributed by atoms with E-state index in [1.165, 1.54) is 76.2 Å². The van der Waals surface area contributed by atoms with Crippen LogP contribution < -0.4 is 4.90 Å². The van der Waals surface area contributed by atoms with Crippen molar-refractivity contribution >= 4 is 39.6 Å². The highest BCUT2D eigenvalue weighted by Crippen LogP contribution is 2.63. The molecule has 258 valence electrons. The topological polar surface area (TPSA) is 3.24 Å². The number of fused-ring (bicyclic) bond motifs is 11. The van der Waals surface area contributed by atoms with E-state index in [-0.39, 0.29) is 0 Å². The van der Waals surface area contributed by atoms with Gasteiger partial charge in [0.1, 0.15) is 0 Å². The molecule has 0 unspecified atom stereocenters. The largest absolute Gasteiger partial charge is 0.310 e. The molecule has 9 aromatic rings. The number of hydrogen-bond donors (Lipinski definition) is 0. The molecule has 0 aromatic heterocycles. The van der Waals surface area contributed by atoms with E-state index in [0.717, 1.165) is 17.1 Å². The summed E-state index contributed by atoms with van der Waals surface area (Å²) in [5.74, 6) is 0. The minimum absolute atomic E-state index is 0.456. The van der Waals surface area contributed by atoms with Crippen molar-refractivity contribution in [1.82, 2.24) is 0 Å². The van der Waals surface area contributed by atoms with Crippen LogP contribution in [0.2, 0.25) is 0 Å². The predicted octanol–water partition coefficient (Wildman–Crippen LogP) is 14.5. The van der Waals surface area contributed by atoms with Gasteiger partial charge in [0, 0.05) is 26.9 Å². The lowest BCUT2D eigenvalue weighted by Gasteiger charge is -2.41. The van der Waals surface area contributed by atoms with Gasteiger partial charge in [-0.05, 0) is 109 Å². The van der Waals surface area contributed by atoms with Crippen LogP contribution in [-0.4, -0.2) is 0 Å². The van der Waals surface area contributed by atoms with Crippen molar-refractivity contribution < 1.29 is 0 Å². The van der Waals surface area contributed by atoms with Crippen molar-refractivity contribution in [2.24, 2.45) is 0 Å². The predicted molar refractivity (Wildman–Crippen MR) is 231 cm³/mol. The minimum atomic E-state index is -0.456. The highest BCUT2D eigenvalue weighted by molar-refractivity contribution is 7.99. The van der Waals surface area contributed by atoms with Crippen LogP contribution in [0.3, 0.4) is 0 Å². The molecule has 9 aromatic carbocycles. The van der Waals surface area contributed by atoms with E-state index in [1.807, 2.05) is 11.8 Å². The van der Waals surface area contributed by atoms with Gasteiger partial charge in [0.25, 0.3) is 0 Å². The molecule has 55 heavy (non-hydrogen) atoms. The third-order valence-electron chi connectivity index (χ3n) is 11.5. The van der Waals surface area contributed by atoms with Crippen molar-refractivity contribution in [3.05, 3.63) is 235 Å². The number of benzene rings is 9. The molecule has 2 heteroatoms. The van der Waals surface area contributed by atoms with Crippen LogP contribution in [0, 0.1) is 0 Å². The van der Waals surface area contributed by atoms with Gasteiger partial charge < -0.3 is 4.90 Å². The van der Waals surface area contributed by atoms with E-state index in [9.17, 15) is 0 Å². The fraction of sp³-hybridized carbons (Fsp3) is 0.0189. The third-order valence-corrected chi connectivity index (χ3v) is 12.6. The number of anilines is 3. The molecule has 2 aliphatic rings. The van der Waals surface area contributed by atoms with E-state index in [4.69, 9.17) is 0 Å². The molecule has 0 radical (unpaired) electrons. The zero-order valence-corrected chi connectivity index (χ0v) is 30.9. The second kappa shape index (κ2) is 12.8. The summed E-state index contributed by atoms with van der Waals surface area (Å²) < 4.78 is 0. The summed E-state index contributed by atoms with van der Waals surface area (Å²) in [7, 11) is 0. The van der Waals surface area contributed by atoms with Gasteiger partial charge in [-0.25, -0.2) is 0 Å². The quantitative estimate of drug-likeness (QED) is 0.174. The Morgan fingerprint density at radius 3 is 1.44 bits per heavy atom. The Kier molecular flexibility index (Phi) is 7.40. The summed E-state index contributed by atoms with van der Waals surface area (Å²) >= 11 is 1.90. The molecule has 0 saturated carbocycles. The van der Waals surface area contributed by atoms with Crippen molar-refractivity contribution in [2.45, 2.75) is 15.2 Å². The average Bonchev–Trinajstić information content (AvgIpc) is 3.55. The van der Waals surface area contributed by atoms with Crippen molar-refractivity contribution in [3.63, 3.8) is 0 Å². The van der Waals surface area contributed by atoms with Crippen LogP contribution in [-0.2, 0) is 5.41 Å². The first-order valence-corrected chi connectivity index (χ1v) is 19.7. The molecular formula is C53H35NS. The van der Waals surface area contributed by atoms with Crippen LogP contribution in [0.4, 0.5) is 17.1 Å². The first-order chi connectivity index (χ1) is 27.3. The summed E-state index contributed by atoms with van der Waals surface area (Å²) in [6.07, 6.45) is 0. The Bertz CT molecular complexity index is 2750. The molecular weight excluding hydrogens is 683 g/mol. The molecule has 1 aliphatic heterocycles. The van der Waals surface area contributed by atoms with Gasteiger partial charge in [-0.3, -0.25) is 0 Å². The SMILES string of the molecule is c1ccc(-c2ccc(N(c3ccc(-c4ccccc4)cc3)c3ccc4c(c3)Sc3ccc5ccccc5c3C43c4ccccc4-c4ccccc43)cc2)cc1. The zero-order chi connectivity index (χ0) is 36.3. The summed E-state index contributed by atoms with van der Waals surface area (Å²) in [6, 6.07) is 78.1. The Hall–Kier alpha value is -6.61. The molecule has 0 bridgehead atoms. The Morgan fingerprint density at radius 1 is 0.345 bits per heavy atom. The van der Waals surface area contributed by atoms with Gasteiger partial charge in [0.05, 0.1) is 5.41 Å². The second-order valence-electron chi connectivity index (χ2n) is 14.4. The normalized spacial score (nSPS) is 13.2. The molecule has 1 aliphatic carbocycles. The van der Waals surface area contributed by atoms with E-state index in [2.05, 4.69) is 217 Å². The van der Waals surface area contributed by atoms with Crippen LogP contribution in [0.15, 0.2) is 222 Å². The number of hydrogen-bond acceptors (Lipinski definition) is 2. The van der Waals surface area contributed by atoms with E-state index < -0.39 is 5.41 Å². The first-order valence-electron chi connectivity index (χ1n) is 18.9. The van der Waals surface area contributed by atoms with E-state index in [0.29, 0.717) is 0 Å². The lowest BCUT2D eigenvalue weighted by atomic mass is 9.66. The summed E-state index contributed by atoms with van der Waals surface area (Å²) in [6.45, 7) is 0. The molecule has 1 spiro atoms. The van der Waals surface area contributed by atoms with Crippen molar-refractivity contribution in [1.29, 1.82) is 0 Å². The Morgan fingerprint density at radius 2 is 0.836 bits per heavy atom. The van der Waals surface area contributed by atoms with Crippen molar-refractivity contribution in [2.75, 3.05) is 4.90 Å². The third kappa shape index (κ3) is 4.95. The molecule has 1 heterocycles. The second-order valence-corrected chi connectivity index (χ2v) is 15.5. The highest BCUT2D eigenvalue weighted by atomic mass is 32.2. The molecule has 0 fully saturated rings. The maximum absolute atomic E-state index is 2.43. The van der Waals surface area contributed by atoms with Crippen LogP contribution in [0.5, 0.6) is 0 Å². The number of rotatable bonds is 5. The maximum Gasteiger partial charge on any atom is 0.0741 e. The lowest BCUT2D eigenvalue weighted by molar-refractivity contribution is 0.730. The first kappa shape index (κ1) is 31.9. The Labute approximate surface area is 326 Å². The van der Waals surface area contributed by atoms with Crippen molar-refractivity contribution in [3.8, 4) is 33.4 Å². The molecule has 0 N–H and O–H groups in total. The monoisotopic (exact) mass is 717 g/mol. The molecule has 11 rings (SSSR count). The average molecular weight is 718 g/mol. The molecule has 0 atom stereocenters. The summed E-state index contributed by atoms with van der Waals surface area (Å²) in [5, 5.41) is 2.58. The van der Waals surface area contributed by atoms with Crippen LogP contribution in [0.1, 0.15) is 22.3 Å². The summed E-state index contributed by atoms with van der Waals surface area (Å²) in [4.78, 5) is 4.99. The van der Waals surface area contributed by atoms with E-state index >= 15 is 0 Å². The van der Waals surface area contributed by atoms with Gasteiger partial charge in [-0.15, -0.1) is 0 Å². The minimum Gasteiger partial charge on any atom is -0.310 e. The maximum atomic E-state index is 2.43. The highest BCUT2D eigenvalue weighted by Gasteiger charge is 2.51. The van der Waals surface area contributed by atoms with Gasteiger partial charge in [0.15, 0.2) is 0 Å². The standard InChI is InChI=1S/C53H35NS/c1-3-13-36(14-4-1)38-23-28-41(29-24-38)54(42-30-25-39(26-31-42)37-15-5-2-6-16-37)43-32-33-49-51(35-43)55-50-34-27-40-17-7-8-18-44(40)52(50)53(49)47-21-11-9-19-45(47)46-20-10-12-22-48(46)53/h1-35H. The van der Waals surface area contributed by atoms with Gasteiger partial charge in [-0.1, -0.05) is 182 Å². The molecule has 1 nitrogen and oxygen atoms in total. The van der Waals surface area contributed by atoms with Gasteiger partial charge in [-0.2, -0.15) is 0 Å². The van der Waals surface area contributed by atoms with Gasteiger partial charge >= 0.3 is 0 Å². The van der Waals surface area contributed by atoms with Crippen LogP contribution in [0.25, 0.3) is 44.2 Å². The summed E-state index contributed by atoms with van der Waals surface area (Å²) in [5.41, 5.74) is 15.8. The molecule has 0 amide bonds. The number of nitrogens with zero attached hydrogens (tertiary/aromatic N) is 1. The van der Waals surface area contributed by atoms with Crippen LogP contribution >= 0.6 is 11.8 Å². The Balaban J connectivity index is 1.12. The van der Waals surface area contributed by atoms with E-state index in [1.54, 1.807) is 0 Å². The smallest absolute Gasteiger partial charge is 0.0741 e. The lowest BCUT2D eigenvalue weighted by Crippen LogP contribution is -2.32. The fourth-order valence-corrected chi connectivity index (χ4v) is 10.4. The molecule has 0 saturated heterocycles. The van der Waals surface area contributed by atoms with Gasteiger partial charge in [0.2, 0.25) is 0 Å².